The Balaban J connectivity index is 2.99. The molecule has 0 unspecified atom stereocenters. The summed E-state index contributed by atoms with van der Waals surface area (Å²) in [5.41, 5.74) is 12.2. The number of ether oxygens (including phenoxy) is 1. The van der Waals surface area contributed by atoms with E-state index >= 15 is 0 Å². The van der Waals surface area contributed by atoms with Gasteiger partial charge < -0.3 is 88.5 Å². The average molecular weight is 865 g/mol. The fourth-order valence-corrected chi connectivity index (χ4v) is 5.83. The highest BCUT2D eigenvalue weighted by Crippen LogP contribution is 2.15. The molecule has 5 amide bonds. The van der Waals surface area contributed by atoms with Gasteiger partial charge in [-0.25, -0.2) is 4.79 Å². The highest BCUT2D eigenvalue weighted by atomic mass is 16.5. The summed E-state index contributed by atoms with van der Waals surface area (Å²) >= 11 is 0. The minimum atomic E-state index is -1.96. The van der Waals surface area contributed by atoms with Gasteiger partial charge in [-0.15, -0.1) is 0 Å². The number of rotatable bonds is 30. The predicted molar refractivity (Wildman–Crippen MR) is 212 cm³/mol. The molecule has 344 valence electrons. The number of anilines is 1. The number of hydrogen-bond acceptors (Lipinski definition) is 18. The summed E-state index contributed by atoms with van der Waals surface area (Å²) in [5, 5.41) is 110. The molecule has 0 saturated carbocycles. The summed E-state index contributed by atoms with van der Waals surface area (Å²) in [6.45, 7) is 0.441. The van der Waals surface area contributed by atoms with Crippen LogP contribution in [-0.2, 0) is 30.5 Å². The Morgan fingerprint density at radius 1 is 0.767 bits per heavy atom. The van der Waals surface area contributed by atoms with Crippen molar-refractivity contribution in [3.63, 3.8) is 0 Å². The second kappa shape index (κ2) is 28.4. The number of nitrogens with one attached hydrogen (secondary N) is 4. The molecule has 0 radical (unpaired) electrons. The minimum absolute atomic E-state index is 0.000201. The molecule has 0 aromatic heterocycles. The van der Waals surface area contributed by atoms with Crippen LogP contribution in [0.25, 0.3) is 0 Å². The molecule has 0 bridgehead atoms. The zero-order chi connectivity index (χ0) is 46.4. The molecule has 1 aromatic carbocycles. The third kappa shape index (κ3) is 19.5. The summed E-state index contributed by atoms with van der Waals surface area (Å²) in [6, 6.07) is 1.91. The highest BCUT2D eigenvalue weighted by molar-refractivity contribution is 5.98. The number of primary amides is 1. The lowest BCUT2D eigenvalue weighted by Gasteiger charge is -2.33. The van der Waals surface area contributed by atoms with Gasteiger partial charge in [-0.05, 0) is 55.8 Å². The average Bonchev–Trinajstić information content (AvgIpc) is 3.22. The number of hydrogen-bond donors (Lipinski definition) is 16. The number of aliphatic hydroxyl groups excluding tert-OH is 10. The van der Waals surface area contributed by atoms with E-state index in [2.05, 4.69) is 26.0 Å². The number of unbranched alkanes of at least 4 members (excludes halogenated alkanes) is 1. The van der Waals surface area contributed by atoms with E-state index in [1.165, 1.54) is 17.0 Å². The van der Waals surface area contributed by atoms with E-state index in [1.54, 1.807) is 26.0 Å². The van der Waals surface area contributed by atoms with Crippen molar-refractivity contribution in [1.29, 1.82) is 0 Å². The van der Waals surface area contributed by atoms with Gasteiger partial charge >= 0.3 is 6.03 Å². The molecule has 0 fully saturated rings. The molecule has 0 spiro atoms. The largest absolute Gasteiger partial charge is 0.463 e. The van der Waals surface area contributed by atoms with Gasteiger partial charge in [0.05, 0.1) is 31.5 Å². The van der Waals surface area contributed by atoms with Crippen molar-refractivity contribution < 1.29 is 81.1 Å². The van der Waals surface area contributed by atoms with Crippen LogP contribution in [0.5, 0.6) is 0 Å². The number of urea groups is 1. The third-order valence-electron chi connectivity index (χ3n) is 9.49. The molecule has 23 nitrogen and oxygen atoms in total. The zero-order valence-electron chi connectivity index (χ0n) is 34.7. The van der Waals surface area contributed by atoms with Gasteiger partial charge in [-0.2, -0.15) is 0 Å². The number of nitrogens with two attached hydrogens (primary N) is 2. The van der Waals surface area contributed by atoms with Crippen molar-refractivity contribution >= 4 is 35.9 Å². The molecule has 1 rings (SSSR count). The summed E-state index contributed by atoms with van der Waals surface area (Å²) in [6.07, 6.45) is -15.4. The predicted octanol–water partition coefficient (Wildman–Crippen LogP) is -5.96. The Bertz CT molecular complexity index is 1450. The molecular weight excluding hydrogens is 798 g/mol. The van der Waals surface area contributed by atoms with Crippen LogP contribution in [0.3, 0.4) is 0 Å². The molecule has 0 saturated heterocycles. The van der Waals surface area contributed by atoms with E-state index in [-0.39, 0.29) is 51.8 Å². The molecule has 23 heteroatoms. The molecule has 0 aliphatic heterocycles. The van der Waals surface area contributed by atoms with Crippen LogP contribution in [-0.4, -0.2) is 193 Å². The Morgan fingerprint density at radius 2 is 1.30 bits per heavy atom. The fraction of sp³-hybridized carbons (Fsp3) is 0.703. The molecular formula is C37H65N7O16. The van der Waals surface area contributed by atoms with E-state index in [4.69, 9.17) is 23.1 Å². The van der Waals surface area contributed by atoms with Crippen LogP contribution in [0.4, 0.5) is 10.5 Å². The van der Waals surface area contributed by atoms with Crippen LogP contribution in [0.2, 0.25) is 0 Å². The van der Waals surface area contributed by atoms with Crippen LogP contribution >= 0.6 is 0 Å². The molecule has 60 heavy (non-hydrogen) atoms. The van der Waals surface area contributed by atoms with Gasteiger partial charge in [0.1, 0.15) is 55.3 Å². The number of carbonyl (C=O) groups is 5. The normalized spacial score (nSPS) is 17.4. The van der Waals surface area contributed by atoms with Crippen molar-refractivity contribution in [2.45, 2.75) is 120 Å². The van der Waals surface area contributed by atoms with E-state index < -0.39 is 129 Å². The van der Waals surface area contributed by atoms with Gasteiger partial charge in [0.15, 0.2) is 1.37 Å². The van der Waals surface area contributed by atoms with Gasteiger partial charge in [0, 0.05) is 25.3 Å². The van der Waals surface area contributed by atoms with Crippen molar-refractivity contribution in [3.05, 3.63) is 29.8 Å². The highest BCUT2D eigenvalue weighted by Gasteiger charge is 2.35. The number of benzene rings is 1. The van der Waals surface area contributed by atoms with E-state index in [1.807, 2.05) is 0 Å². The molecule has 0 aliphatic rings. The topological polar surface area (TPSA) is 400 Å². The van der Waals surface area contributed by atoms with Crippen molar-refractivity contribution in [1.82, 2.24) is 20.9 Å². The summed E-state index contributed by atoms with van der Waals surface area (Å²) < 4.78 is 11.5. The number of nitrogens with zero attached hydrogens (tertiary/aromatic N) is 1. The molecule has 1 aromatic rings. The third-order valence-corrected chi connectivity index (χ3v) is 9.49. The first-order valence-electron chi connectivity index (χ1n) is 19.9. The smallest absolute Gasteiger partial charge is 0.312 e. The van der Waals surface area contributed by atoms with E-state index in [0.29, 0.717) is 11.3 Å². The Labute approximate surface area is 349 Å². The molecule has 0 heterocycles. The number of amides is 5. The first-order chi connectivity index (χ1) is 28.6. The monoisotopic (exact) mass is 864 g/mol. The molecule has 11 atom stereocenters. The Kier molecular flexibility index (Phi) is 24.6. The maximum Gasteiger partial charge on any atom is 0.312 e. The summed E-state index contributed by atoms with van der Waals surface area (Å²) in [4.78, 5) is 63.4. The van der Waals surface area contributed by atoms with E-state index in [9.17, 15) is 64.8 Å². The van der Waals surface area contributed by atoms with Crippen molar-refractivity contribution in [3.8, 4) is 0 Å². The quantitative estimate of drug-likeness (QED) is 0.0253. The van der Waals surface area contributed by atoms with Gasteiger partial charge in [0.2, 0.25) is 17.7 Å². The SMILES string of the molecule is [2H]C(=O)OCc1ccc(NC(=O)[C@H](CCCNC(N)=O)NC(=O)[C@@H](NC(=O)[C@@H](N)CCCCN(C[C@H](O)[C@@H](O)[C@H](O)[C@H](O)CO)C[C@H](O)[C@@H](O)[C@H](O)[C@H](O)CO)C(C)C)cc1. The Hall–Kier alpha value is -4.11. The van der Waals surface area contributed by atoms with Crippen LogP contribution < -0.4 is 32.7 Å². The minimum Gasteiger partial charge on any atom is -0.463 e. The van der Waals surface area contributed by atoms with Gasteiger partial charge in [-0.3, -0.25) is 24.1 Å². The van der Waals surface area contributed by atoms with Gasteiger partial charge in [0.25, 0.3) is 6.45 Å². The fourth-order valence-electron chi connectivity index (χ4n) is 5.83. The molecule has 0 aliphatic carbocycles. The maximum absolute atomic E-state index is 13.6. The Morgan fingerprint density at radius 3 is 1.78 bits per heavy atom. The van der Waals surface area contributed by atoms with Crippen LogP contribution in [0.1, 0.15) is 52.9 Å². The lowest BCUT2D eigenvalue weighted by atomic mass is 10.0. The standard InChI is InChI=1S/C37H65N7O16/c1-20(2)29(36(58)42-24(7-5-12-40-37(39)59)35(57)41-22-10-8-21(9-11-22)18-60-19-47)43-34(56)23(38)6-3-4-13-44(14-25(48)30(52)32(54)27(50)16-45)15-26(49)31(53)33(55)28(51)17-46/h8-11,19-20,23-33,45-46,48-55H,3-7,12-18,38H2,1-2H3,(H,41,57)(H,42,58)(H,43,56)(H3,39,40,59)/t23-,24-,25-,26-,27+,28+,29-,30+,31+,32+,33+/m0/s1/i19D. The number of carbonyl (C=O) groups excluding carboxylic acids is 5. The van der Waals surface area contributed by atoms with Crippen molar-refractivity contribution in [2.75, 3.05) is 44.7 Å². The zero-order valence-corrected chi connectivity index (χ0v) is 33.7. The second-order valence-electron chi connectivity index (χ2n) is 14.7. The lowest BCUT2D eigenvalue weighted by Crippen LogP contribution is -2.56. The lowest BCUT2D eigenvalue weighted by molar-refractivity contribution is -0.132. The van der Waals surface area contributed by atoms with Crippen molar-refractivity contribution in [2.24, 2.45) is 17.4 Å². The number of aliphatic hydroxyl groups is 10. The molecule has 18 N–H and O–H groups in total. The first kappa shape index (κ1) is 52.0. The second-order valence-corrected chi connectivity index (χ2v) is 14.7. The van der Waals surface area contributed by atoms with Crippen LogP contribution in [0, 0.1) is 5.92 Å². The summed E-state index contributed by atoms with van der Waals surface area (Å²) in [5.74, 6) is -2.54. The first-order valence-corrected chi connectivity index (χ1v) is 19.4. The summed E-state index contributed by atoms with van der Waals surface area (Å²) in [7, 11) is 0. The van der Waals surface area contributed by atoms with Gasteiger partial charge in [-0.1, -0.05) is 32.4 Å². The van der Waals surface area contributed by atoms with Crippen LogP contribution in [0.15, 0.2) is 24.3 Å². The maximum atomic E-state index is 13.6. The van der Waals surface area contributed by atoms with E-state index in [0.717, 1.165) is 0 Å².